The average Bonchev–Trinajstić information content (AvgIpc) is 3.22. The van der Waals surface area contributed by atoms with Gasteiger partial charge in [-0.3, -0.25) is 19.7 Å². The van der Waals surface area contributed by atoms with Gasteiger partial charge in [0.2, 0.25) is 0 Å². The van der Waals surface area contributed by atoms with Gasteiger partial charge in [-0.2, -0.15) is 0 Å². The van der Waals surface area contributed by atoms with Gasteiger partial charge >= 0.3 is 5.97 Å². The number of carbonyl (C=O) groups is 2. The summed E-state index contributed by atoms with van der Waals surface area (Å²) < 4.78 is 0. The molecule has 0 heterocycles. The molecule has 0 atom stereocenters. The van der Waals surface area contributed by atoms with Crippen LogP contribution in [0.15, 0.2) is 18.2 Å². The molecule has 112 valence electrons. The normalized spacial score (nSPS) is 13.8. The van der Waals surface area contributed by atoms with Crippen LogP contribution in [0.4, 0.5) is 5.69 Å². The first-order valence-electron chi connectivity index (χ1n) is 6.37. The van der Waals surface area contributed by atoms with Gasteiger partial charge in [-0.25, -0.2) is 0 Å². The van der Waals surface area contributed by atoms with Crippen LogP contribution >= 0.6 is 11.6 Å². The van der Waals surface area contributed by atoms with E-state index < -0.39 is 16.8 Å². The van der Waals surface area contributed by atoms with Gasteiger partial charge in [0.05, 0.1) is 16.9 Å². The predicted octanol–water partition coefficient (Wildman–Crippen LogP) is 2.33. The third-order valence-corrected chi connectivity index (χ3v) is 3.62. The first-order valence-corrected chi connectivity index (χ1v) is 6.75. The molecular formula is C13H13ClN2O5. The maximum Gasteiger partial charge on any atom is 0.305 e. The van der Waals surface area contributed by atoms with Crippen molar-refractivity contribution in [2.45, 2.75) is 25.3 Å². The van der Waals surface area contributed by atoms with E-state index in [4.69, 9.17) is 16.7 Å². The lowest BCUT2D eigenvalue weighted by Gasteiger charge is -2.22. The van der Waals surface area contributed by atoms with Crippen LogP contribution in [0, 0.1) is 10.1 Å². The van der Waals surface area contributed by atoms with Crippen LogP contribution in [0.25, 0.3) is 0 Å². The minimum absolute atomic E-state index is 0.00724. The summed E-state index contributed by atoms with van der Waals surface area (Å²) in [5, 5.41) is 19.4. The highest BCUT2D eigenvalue weighted by molar-refractivity contribution is 6.35. The summed E-state index contributed by atoms with van der Waals surface area (Å²) in [6, 6.07) is 4.01. The molecule has 21 heavy (non-hydrogen) atoms. The number of nitrogens with zero attached hydrogens (tertiary/aromatic N) is 2. The second-order valence-corrected chi connectivity index (χ2v) is 5.15. The van der Waals surface area contributed by atoms with Gasteiger partial charge in [0.15, 0.2) is 0 Å². The van der Waals surface area contributed by atoms with Crippen molar-refractivity contribution in [2.24, 2.45) is 0 Å². The summed E-state index contributed by atoms with van der Waals surface area (Å²) >= 11 is 5.93. The van der Waals surface area contributed by atoms with Crippen molar-refractivity contribution in [1.29, 1.82) is 0 Å². The highest BCUT2D eigenvalue weighted by Gasteiger charge is 2.34. The number of carboxylic acid groups (broad SMARTS) is 1. The molecule has 1 saturated carbocycles. The summed E-state index contributed by atoms with van der Waals surface area (Å²) in [5.74, 6) is -1.47. The van der Waals surface area contributed by atoms with E-state index >= 15 is 0 Å². The Bertz CT molecular complexity index is 600. The number of nitro benzene ring substituents is 1. The molecule has 2 rings (SSSR count). The van der Waals surface area contributed by atoms with Gasteiger partial charge in [-0.1, -0.05) is 17.7 Å². The molecule has 1 aromatic carbocycles. The summed E-state index contributed by atoms with van der Waals surface area (Å²) in [6.45, 7) is 0.0673. The van der Waals surface area contributed by atoms with Crippen molar-refractivity contribution in [1.82, 2.24) is 4.90 Å². The Morgan fingerprint density at radius 1 is 1.43 bits per heavy atom. The number of benzene rings is 1. The lowest BCUT2D eigenvalue weighted by atomic mass is 10.1. The van der Waals surface area contributed by atoms with Crippen molar-refractivity contribution in [2.75, 3.05) is 6.54 Å². The fourth-order valence-corrected chi connectivity index (χ4v) is 2.31. The topological polar surface area (TPSA) is 101 Å². The molecular weight excluding hydrogens is 300 g/mol. The Morgan fingerprint density at radius 2 is 2.10 bits per heavy atom. The zero-order chi connectivity index (χ0) is 15.6. The van der Waals surface area contributed by atoms with E-state index in [2.05, 4.69) is 0 Å². The minimum atomic E-state index is -1.00. The molecule has 0 spiro atoms. The minimum Gasteiger partial charge on any atom is -0.481 e. The molecule has 0 bridgehead atoms. The Hall–Kier alpha value is -2.15. The SMILES string of the molecule is O=C(O)CCN(C(=O)c1cccc([N+](=O)[O-])c1Cl)C1CC1. The fourth-order valence-electron chi connectivity index (χ4n) is 2.03. The van der Waals surface area contributed by atoms with E-state index in [-0.39, 0.29) is 35.3 Å². The highest BCUT2D eigenvalue weighted by Crippen LogP contribution is 2.32. The van der Waals surface area contributed by atoms with Crippen LogP contribution in [0.3, 0.4) is 0 Å². The number of amides is 1. The first-order chi connectivity index (χ1) is 9.91. The van der Waals surface area contributed by atoms with Gasteiger partial charge in [-0.05, 0) is 18.9 Å². The third kappa shape index (κ3) is 3.49. The monoisotopic (exact) mass is 312 g/mol. The summed E-state index contributed by atoms with van der Waals surface area (Å²) in [6.07, 6.45) is 1.44. The van der Waals surface area contributed by atoms with Gasteiger partial charge < -0.3 is 10.0 Å². The lowest BCUT2D eigenvalue weighted by molar-refractivity contribution is -0.384. The standard InChI is InChI=1S/C13H13ClN2O5/c14-12-9(2-1-3-10(12)16(20)21)13(19)15(8-4-5-8)7-6-11(17)18/h1-3,8H,4-7H2,(H,17,18). The van der Waals surface area contributed by atoms with Crippen LogP contribution in [0.2, 0.25) is 5.02 Å². The number of aliphatic carboxylic acids is 1. The molecule has 1 aromatic rings. The maximum atomic E-state index is 12.5. The molecule has 0 aromatic heterocycles. The van der Waals surface area contributed by atoms with Crippen molar-refractivity contribution in [3.05, 3.63) is 38.9 Å². The van der Waals surface area contributed by atoms with Crippen molar-refractivity contribution in [3.63, 3.8) is 0 Å². The molecule has 7 nitrogen and oxygen atoms in total. The van der Waals surface area contributed by atoms with Gasteiger partial charge in [0.25, 0.3) is 11.6 Å². The van der Waals surface area contributed by atoms with Crippen LogP contribution in [0.5, 0.6) is 0 Å². The number of hydrogen-bond donors (Lipinski definition) is 1. The number of nitro groups is 1. The first kappa shape index (κ1) is 15.2. The van der Waals surface area contributed by atoms with Crippen LogP contribution < -0.4 is 0 Å². The van der Waals surface area contributed by atoms with Crippen molar-refractivity contribution >= 4 is 29.2 Å². The van der Waals surface area contributed by atoms with Crippen LogP contribution in [0.1, 0.15) is 29.6 Å². The largest absolute Gasteiger partial charge is 0.481 e. The fraction of sp³-hybridized carbons (Fsp3) is 0.385. The number of halogens is 1. The number of rotatable bonds is 6. The number of carboxylic acids is 1. The molecule has 1 aliphatic rings. The quantitative estimate of drug-likeness (QED) is 0.641. The van der Waals surface area contributed by atoms with Crippen molar-refractivity contribution in [3.8, 4) is 0 Å². The Kier molecular flexibility index (Phi) is 4.42. The smallest absolute Gasteiger partial charge is 0.305 e. The molecule has 1 amide bonds. The highest BCUT2D eigenvalue weighted by atomic mass is 35.5. The van der Waals surface area contributed by atoms with Gasteiger partial charge in [-0.15, -0.1) is 0 Å². The zero-order valence-corrected chi connectivity index (χ0v) is 11.7. The second kappa shape index (κ2) is 6.09. The average molecular weight is 313 g/mol. The predicted molar refractivity (Wildman–Crippen MR) is 74.4 cm³/mol. The third-order valence-electron chi connectivity index (χ3n) is 3.22. The van der Waals surface area contributed by atoms with E-state index in [0.717, 1.165) is 12.8 Å². The van der Waals surface area contributed by atoms with E-state index in [1.54, 1.807) is 0 Å². The molecule has 1 N–H and O–H groups in total. The van der Waals surface area contributed by atoms with Crippen LogP contribution in [-0.2, 0) is 4.79 Å². The summed E-state index contributed by atoms with van der Waals surface area (Å²) in [7, 11) is 0. The second-order valence-electron chi connectivity index (χ2n) is 4.77. The molecule has 0 saturated heterocycles. The van der Waals surface area contributed by atoms with Gasteiger partial charge in [0, 0.05) is 18.7 Å². The van der Waals surface area contributed by atoms with E-state index in [9.17, 15) is 19.7 Å². The van der Waals surface area contributed by atoms with E-state index in [1.165, 1.54) is 23.1 Å². The van der Waals surface area contributed by atoms with E-state index in [1.807, 2.05) is 0 Å². The zero-order valence-electron chi connectivity index (χ0n) is 11.0. The van der Waals surface area contributed by atoms with E-state index in [0.29, 0.717) is 0 Å². The summed E-state index contributed by atoms with van der Waals surface area (Å²) in [5.41, 5.74) is -0.306. The Balaban J connectivity index is 2.26. The molecule has 0 aliphatic heterocycles. The molecule has 0 unspecified atom stereocenters. The Morgan fingerprint density at radius 3 is 2.62 bits per heavy atom. The van der Waals surface area contributed by atoms with Crippen LogP contribution in [-0.4, -0.2) is 39.4 Å². The molecule has 8 heteroatoms. The van der Waals surface area contributed by atoms with Crippen molar-refractivity contribution < 1.29 is 19.6 Å². The summed E-state index contributed by atoms with van der Waals surface area (Å²) in [4.78, 5) is 34.7. The Labute approximate surface area is 125 Å². The molecule has 0 radical (unpaired) electrons. The molecule has 1 aliphatic carbocycles. The maximum absolute atomic E-state index is 12.5. The van der Waals surface area contributed by atoms with Gasteiger partial charge in [0.1, 0.15) is 5.02 Å². The number of hydrogen-bond acceptors (Lipinski definition) is 4. The number of carbonyl (C=O) groups excluding carboxylic acids is 1. The lowest BCUT2D eigenvalue weighted by Crippen LogP contribution is -2.35. The molecule has 1 fully saturated rings.